The Morgan fingerprint density at radius 3 is 2.79 bits per heavy atom. The van der Waals surface area contributed by atoms with E-state index >= 15 is 0 Å². The quantitative estimate of drug-likeness (QED) is 0.625. The number of phenolic OH excluding ortho intramolecular Hbond substituents is 1. The van der Waals surface area contributed by atoms with Crippen molar-refractivity contribution in [3.8, 4) is 11.5 Å². The van der Waals surface area contributed by atoms with Gasteiger partial charge in [-0.25, -0.2) is 0 Å². The van der Waals surface area contributed by atoms with Crippen molar-refractivity contribution in [3.05, 3.63) is 39.8 Å². The first-order valence-corrected chi connectivity index (χ1v) is 11.3. The average Bonchev–Trinajstić information content (AvgIpc) is 3.07. The Morgan fingerprint density at radius 1 is 1.28 bits per heavy atom. The molecule has 0 saturated heterocycles. The highest BCUT2D eigenvalue weighted by Crippen LogP contribution is 2.47. The summed E-state index contributed by atoms with van der Waals surface area (Å²) in [5.74, 6) is 1.18. The summed E-state index contributed by atoms with van der Waals surface area (Å²) in [6, 6.07) is 5.21. The smallest absolute Gasteiger partial charge is 0.256 e. The van der Waals surface area contributed by atoms with E-state index in [9.17, 15) is 9.90 Å². The second kappa shape index (κ2) is 7.56. The van der Waals surface area contributed by atoms with Crippen LogP contribution in [0.15, 0.2) is 18.2 Å². The molecule has 2 aliphatic rings. The topological polar surface area (TPSA) is 70.6 Å². The highest BCUT2D eigenvalue weighted by atomic mass is 32.1. The van der Waals surface area contributed by atoms with Crippen LogP contribution in [-0.4, -0.2) is 17.6 Å². The first-order valence-electron chi connectivity index (χ1n) is 10.5. The molecule has 0 unspecified atom stereocenters. The minimum atomic E-state index is -0.335. The first-order chi connectivity index (χ1) is 13.8. The van der Waals surface area contributed by atoms with Gasteiger partial charge in [0, 0.05) is 4.88 Å². The highest BCUT2D eigenvalue weighted by molar-refractivity contribution is 7.16. The van der Waals surface area contributed by atoms with Crippen molar-refractivity contribution in [1.82, 2.24) is 5.32 Å². The molecule has 0 radical (unpaired) electrons. The van der Waals surface area contributed by atoms with Crippen molar-refractivity contribution in [1.29, 1.82) is 0 Å². The van der Waals surface area contributed by atoms with Gasteiger partial charge in [-0.2, -0.15) is 0 Å². The molecule has 1 aliphatic carbocycles. The van der Waals surface area contributed by atoms with Crippen molar-refractivity contribution in [2.75, 3.05) is 11.9 Å². The third kappa shape index (κ3) is 3.59. The molecule has 1 aliphatic heterocycles. The Morgan fingerprint density at radius 2 is 2.07 bits per heavy atom. The Hall–Kier alpha value is -2.21. The van der Waals surface area contributed by atoms with Crippen molar-refractivity contribution < 1.29 is 14.6 Å². The highest BCUT2D eigenvalue weighted by Gasteiger charge is 2.37. The van der Waals surface area contributed by atoms with Gasteiger partial charge < -0.3 is 20.5 Å². The number of hydrogen-bond acceptors (Lipinski definition) is 5. The minimum absolute atomic E-state index is 0.0134. The van der Waals surface area contributed by atoms with E-state index in [1.54, 1.807) is 23.5 Å². The summed E-state index contributed by atoms with van der Waals surface area (Å²) < 4.78 is 5.50. The van der Waals surface area contributed by atoms with Crippen molar-refractivity contribution in [2.24, 2.45) is 11.3 Å². The van der Waals surface area contributed by atoms with Gasteiger partial charge in [0.05, 0.1) is 12.2 Å². The zero-order chi connectivity index (χ0) is 20.8. The summed E-state index contributed by atoms with van der Waals surface area (Å²) in [4.78, 5) is 14.3. The lowest BCUT2D eigenvalue weighted by molar-refractivity contribution is 0.0934. The molecule has 0 bridgehead atoms. The predicted octanol–water partition coefficient (Wildman–Crippen LogP) is 5.25. The molecule has 0 saturated carbocycles. The number of phenols is 1. The van der Waals surface area contributed by atoms with E-state index in [0.29, 0.717) is 23.7 Å². The van der Waals surface area contributed by atoms with E-state index in [-0.39, 0.29) is 17.8 Å². The van der Waals surface area contributed by atoms with Crippen molar-refractivity contribution >= 4 is 22.2 Å². The van der Waals surface area contributed by atoms with Crippen LogP contribution in [0.3, 0.4) is 0 Å². The zero-order valence-electron chi connectivity index (χ0n) is 17.6. The van der Waals surface area contributed by atoms with Crippen LogP contribution < -0.4 is 15.4 Å². The van der Waals surface area contributed by atoms with E-state index < -0.39 is 0 Å². The molecule has 3 N–H and O–H groups in total. The number of thiophene rings is 1. The second-order valence-electron chi connectivity index (χ2n) is 8.70. The van der Waals surface area contributed by atoms with Gasteiger partial charge in [-0.1, -0.05) is 33.3 Å². The van der Waals surface area contributed by atoms with Gasteiger partial charge in [0.1, 0.15) is 11.2 Å². The number of rotatable bonds is 5. The minimum Gasteiger partial charge on any atom is -0.504 e. The molecule has 156 valence electrons. The number of carbonyl (C=O) groups excluding carboxylic acids is 1. The molecule has 1 aromatic heterocycles. The number of hydrogen-bond donors (Lipinski definition) is 3. The van der Waals surface area contributed by atoms with Gasteiger partial charge in [-0.15, -0.1) is 11.3 Å². The molecule has 2 atom stereocenters. The number of anilines is 1. The van der Waals surface area contributed by atoms with Crippen LogP contribution in [-0.2, 0) is 12.8 Å². The monoisotopic (exact) mass is 414 g/mol. The van der Waals surface area contributed by atoms with E-state index in [1.165, 1.54) is 16.9 Å². The fourth-order valence-corrected chi connectivity index (χ4v) is 5.75. The van der Waals surface area contributed by atoms with Crippen LogP contribution in [0.1, 0.15) is 73.1 Å². The maximum absolute atomic E-state index is 13.0. The number of aromatic hydroxyl groups is 1. The average molecular weight is 415 g/mol. The van der Waals surface area contributed by atoms with Gasteiger partial charge >= 0.3 is 0 Å². The standard InChI is InChI=1S/C23H30N2O3S/c1-5-23(3,4)14-8-9-15-18(12-14)29-22-19(15)21(27)24-20(25-22)13-7-10-16(26)17(11-13)28-6-2/h7,10-11,14,20,25-26H,5-6,8-9,12H2,1-4H3,(H,24,27)/t14-,20+/m0/s1. The molecule has 5 nitrogen and oxygen atoms in total. The third-order valence-corrected chi connectivity index (χ3v) is 7.86. The van der Waals surface area contributed by atoms with Crippen LogP contribution in [0.4, 0.5) is 5.00 Å². The number of carbonyl (C=O) groups is 1. The third-order valence-electron chi connectivity index (χ3n) is 6.68. The molecule has 4 rings (SSSR count). The Balaban J connectivity index is 1.61. The van der Waals surface area contributed by atoms with E-state index in [2.05, 4.69) is 31.4 Å². The summed E-state index contributed by atoms with van der Waals surface area (Å²) in [7, 11) is 0. The lowest BCUT2D eigenvalue weighted by Gasteiger charge is -2.36. The SMILES string of the molecule is CCOc1cc([C@@H]2NC(=O)c3c(sc4c3CC[C@H](C(C)(C)CC)C4)N2)ccc1O. The molecule has 6 heteroatoms. The molecule has 0 fully saturated rings. The van der Waals surface area contributed by atoms with Gasteiger partial charge in [-0.3, -0.25) is 4.79 Å². The summed E-state index contributed by atoms with van der Waals surface area (Å²) >= 11 is 1.74. The lowest BCUT2D eigenvalue weighted by Crippen LogP contribution is -2.38. The fraction of sp³-hybridized carbons (Fsp3) is 0.522. The molecular weight excluding hydrogens is 384 g/mol. The fourth-order valence-electron chi connectivity index (χ4n) is 4.40. The van der Waals surface area contributed by atoms with Crippen molar-refractivity contribution in [2.45, 2.75) is 59.5 Å². The maximum atomic E-state index is 13.0. The predicted molar refractivity (Wildman–Crippen MR) is 117 cm³/mol. The van der Waals surface area contributed by atoms with E-state index in [1.807, 2.05) is 13.0 Å². The normalized spacial score (nSPS) is 21.0. The van der Waals surface area contributed by atoms with E-state index in [4.69, 9.17) is 4.74 Å². The van der Waals surface area contributed by atoms with Crippen LogP contribution in [0, 0.1) is 11.3 Å². The lowest BCUT2D eigenvalue weighted by atomic mass is 9.69. The molecule has 0 spiro atoms. The first kappa shape index (κ1) is 20.1. The Labute approximate surface area is 176 Å². The van der Waals surface area contributed by atoms with Crippen LogP contribution in [0.25, 0.3) is 0 Å². The van der Waals surface area contributed by atoms with Crippen molar-refractivity contribution in [3.63, 3.8) is 0 Å². The van der Waals surface area contributed by atoms with E-state index in [0.717, 1.165) is 35.4 Å². The molecular formula is C23H30N2O3S. The van der Waals surface area contributed by atoms with Crippen LogP contribution >= 0.6 is 11.3 Å². The number of ether oxygens (including phenoxy) is 1. The maximum Gasteiger partial charge on any atom is 0.256 e. The van der Waals surface area contributed by atoms with Gasteiger partial charge in [0.25, 0.3) is 5.91 Å². The van der Waals surface area contributed by atoms with Gasteiger partial charge in [-0.05, 0) is 60.8 Å². The zero-order valence-corrected chi connectivity index (χ0v) is 18.4. The number of fused-ring (bicyclic) bond motifs is 3. The number of benzene rings is 1. The summed E-state index contributed by atoms with van der Waals surface area (Å²) in [6.45, 7) is 9.33. The van der Waals surface area contributed by atoms with Gasteiger partial charge in [0.15, 0.2) is 11.5 Å². The molecule has 1 amide bonds. The molecule has 2 heterocycles. The van der Waals surface area contributed by atoms with Gasteiger partial charge in [0.2, 0.25) is 0 Å². The summed E-state index contributed by atoms with van der Waals surface area (Å²) in [5, 5.41) is 17.5. The summed E-state index contributed by atoms with van der Waals surface area (Å²) in [6.07, 6.45) is 4.01. The molecule has 1 aromatic carbocycles. The largest absolute Gasteiger partial charge is 0.504 e. The molecule has 2 aromatic rings. The molecule has 29 heavy (non-hydrogen) atoms. The second-order valence-corrected chi connectivity index (χ2v) is 9.81. The summed E-state index contributed by atoms with van der Waals surface area (Å²) in [5.41, 5.74) is 3.25. The Kier molecular flexibility index (Phi) is 5.23. The number of nitrogens with one attached hydrogen (secondary N) is 2. The Bertz CT molecular complexity index is 934. The van der Waals surface area contributed by atoms with Crippen LogP contribution in [0.2, 0.25) is 0 Å². The van der Waals surface area contributed by atoms with Crippen LogP contribution in [0.5, 0.6) is 11.5 Å². The number of amides is 1.